The molecule has 0 spiro atoms. The predicted octanol–water partition coefficient (Wildman–Crippen LogP) is 5.16. The van der Waals surface area contributed by atoms with Gasteiger partial charge in [-0.3, -0.25) is 4.98 Å². The van der Waals surface area contributed by atoms with Crippen LogP contribution >= 0.6 is 0 Å². The Bertz CT molecular complexity index is 975. The van der Waals surface area contributed by atoms with Gasteiger partial charge in [-0.25, -0.2) is 4.98 Å². The topological polar surface area (TPSA) is 69.8 Å². The third-order valence-electron chi connectivity index (χ3n) is 4.76. The molecule has 0 aliphatic rings. The highest BCUT2D eigenvalue weighted by Gasteiger charge is 2.14. The predicted molar refractivity (Wildman–Crippen MR) is 106 cm³/mol. The highest BCUT2D eigenvalue weighted by Crippen LogP contribution is 2.28. The smallest absolute Gasteiger partial charge is 0.118 e. The molecule has 4 heteroatoms. The van der Waals surface area contributed by atoms with Crippen LogP contribution in [0.4, 0.5) is 0 Å². The van der Waals surface area contributed by atoms with E-state index < -0.39 is 0 Å². The Labute approximate surface area is 160 Å². The normalized spacial score (nSPS) is 11.7. The molecule has 3 rings (SSSR count). The molecule has 1 heterocycles. The molecular formula is C23H23N3O. The Kier molecular flexibility index (Phi) is 5.83. The van der Waals surface area contributed by atoms with Crippen LogP contribution in [0.15, 0.2) is 54.9 Å². The van der Waals surface area contributed by atoms with Crippen molar-refractivity contribution in [1.82, 2.24) is 9.97 Å². The number of phenols is 1. The van der Waals surface area contributed by atoms with Crippen LogP contribution in [-0.2, 0) is 6.42 Å². The summed E-state index contributed by atoms with van der Waals surface area (Å²) < 4.78 is 0. The molecule has 0 bridgehead atoms. The van der Waals surface area contributed by atoms with Crippen molar-refractivity contribution in [2.75, 3.05) is 0 Å². The quantitative estimate of drug-likeness (QED) is 0.662. The molecule has 1 unspecified atom stereocenters. The van der Waals surface area contributed by atoms with E-state index in [0.717, 1.165) is 41.8 Å². The third kappa shape index (κ3) is 4.51. The average Bonchev–Trinajstić information content (AvgIpc) is 2.70. The summed E-state index contributed by atoms with van der Waals surface area (Å²) in [6.45, 7) is 4.04. The maximum Gasteiger partial charge on any atom is 0.118 e. The summed E-state index contributed by atoms with van der Waals surface area (Å²) in [5, 5.41) is 18.9. The van der Waals surface area contributed by atoms with Gasteiger partial charge in [-0.15, -0.1) is 0 Å². The molecular weight excluding hydrogens is 334 g/mol. The number of rotatable bonds is 6. The van der Waals surface area contributed by atoms with Crippen molar-refractivity contribution in [1.29, 1.82) is 5.26 Å². The van der Waals surface area contributed by atoms with E-state index in [1.165, 1.54) is 5.56 Å². The Balaban J connectivity index is 1.88. The molecule has 4 nitrogen and oxygen atoms in total. The van der Waals surface area contributed by atoms with Gasteiger partial charge in [0.05, 0.1) is 29.2 Å². The minimum absolute atomic E-state index is 0.281. The molecule has 0 aliphatic heterocycles. The van der Waals surface area contributed by atoms with Gasteiger partial charge >= 0.3 is 0 Å². The number of hydrogen-bond donors (Lipinski definition) is 1. The van der Waals surface area contributed by atoms with Gasteiger partial charge in [0.25, 0.3) is 0 Å². The minimum atomic E-state index is 0.281. The van der Waals surface area contributed by atoms with Crippen molar-refractivity contribution < 1.29 is 5.11 Å². The fourth-order valence-electron chi connectivity index (χ4n) is 3.31. The maximum atomic E-state index is 9.73. The van der Waals surface area contributed by atoms with Crippen LogP contribution in [0.3, 0.4) is 0 Å². The maximum absolute atomic E-state index is 9.73. The number of nitriles is 1. The summed E-state index contributed by atoms with van der Waals surface area (Å²) in [7, 11) is 0. The van der Waals surface area contributed by atoms with Gasteiger partial charge in [-0.05, 0) is 67.1 Å². The first-order chi connectivity index (χ1) is 13.1. The summed E-state index contributed by atoms with van der Waals surface area (Å²) in [5.74, 6) is 0.581. The largest absolute Gasteiger partial charge is 0.508 e. The van der Waals surface area contributed by atoms with Crippen molar-refractivity contribution in [2.45, 2.75) is 39.0 Å². The van der Waals surface area contributed by atoms with Gasteiger partial charge in [0.15, 0.2) is 0 Å². The van der Waals surface area contributed by atoms with Crippen LogP contribution in [0.2, 0.25) is 0 Å². The molecule has 0 saturated carbocycles. The monoisotopic (exact) mass is 357 g/mol. The average molecular weight is 357 g/mol. The van der Waals surface area contributed by atoms with Crippen LogP contribution < -0.4 is 0 Å². The lowest BCUT2D eigenvalue weighted by Gasteiger charge is -2.17. The van der Waals surface area contributed by atoms with E-state index >= 15 is 0 Å². The lowest BCUT2D eigenvalue weighted by Crippen LogP contribution is -2.06. The zero-order valence-electron chi connectivity index (χ0n) is 15.7. The van der Waals surface area contributed by atoms with E-state index in [9.17, 15) is 10.4 Å². The summed E-state index contributed by atoms with van der Waals surface area (Å²) in [6.07, 6.45) is 6.43. The number of aryl methyl sites for hydroxylation is 1. The van der Waals surface area contributed by atoms with Crippen LogP contribution in [0.1, 0.15) is 48.1 Å². The number of nitrogens with zero attached hydrogens (tertiary/aromatic N) is 3. The van der Waals surface area contributed by atoms with E-state index in [1.54, 1.807) is 12.3 Å². The molecule has 27 heavy (non-hydrogen) atoms. The van der Waals surface area contributed by atoms with Crippen LogP contribution in [0, 0.1) is 18.3 Å². The Morgan fingerprint density at radius 3 is 2.74 bits per heavy atom. The van der Waals surface area contributed by atoms with Crippen molar-refractivity contribution in [2.24, 2.45) is 0 Å². The zero-order valence-corrected chi connectivity index (χ0v) is 15.7. The molecule has 0 saturated heterocycles. The molecule has 1 atom stereocenters. The van der Waals surface area contributed by atoms with E-state index in [1.807, 2.05) is 43.5 Å². The van der Waals surface area contributed by atoms with Crippen molar-refractivity contribution in [3.63, 3.8) is 0 Å². The fourth-order valence-corrected chi connectivity index (χ4v) is 3.31. The Morgan fingerprint density at radius 1 is 1.15 bits per heavy atom. The summed E-state index contributed by atoms with van der Waals surface area (Å²) in [6, 6.07) is 15.5. The van der Waals surface area contributed by atoms with Gasteiger partial charge in [-0.1, -0.05) is 25.5 Å². The number of aromatic hydroxyl groups is 1. The van der Waals surface area contributed by atoms with Crippen molar-refractivity contribution >= 4 is 0 Å². The van der Waals surface area contributed by atoms with Gasteiger partial charge in [0.2, 0.25) is 0 Å². The van der Waals surface area contributed by atoms with Crippen LogP contribution in [0.5, 0.6) is 5.75 Å². The molecule has 0 aliphatic carbocycles. The van der Waals surface area contributed by atoms with Gasteiger partial charge in [0, 0.05) is 11.8 Å². The Morgan fingerprint density at radius 2 is 2.00 bits per heavy atom. The van der Waals surface area contributed by atoms with Gasteiger partial charge in [-0.2, -0.15) is 5.26 Å². The van der Waals surface area contributed by atoms with Crippen molar-refractivity contribution in [3.8, 4) is 23.1 Å². The second kappa shape index (κ2) is 8.46. The zero-order chi connectivity index (χ0) is 19.2. The molecule has 0 amide bonds. The fraction of sp³-hybridized carbons (Fsp3) is 0.261. The number of phenolic OH excluding ortho intramolecular Hbond substituents is 1. The van der Waals surface area contributed by atoms with Crippen molar-refractivity contribution in [3.05, 3.63) is 77.2 Å². The lowest BCUT2D eigenvalue weighted by molar-refractivity contribution is 0.471. The van der Waals surface area contributed by atoms with Gasteiger partial charge < -0.3 is 5.11 Å². The highest BCUT2D eigenvalue weighted by molar-refractivity contribution is 5.61. The molecule has 1 aromatic heterocycles. The first kappa shape index (κ1) is 18.6. The van der Waals surface area contributed by atoms with E-state index in [4.69, 9.17) is 4.98 Å². The molecule has 0 fully saturated rings. The lowest BCUT2D eigenvalue weighted by atomic mass is 9.89. The van der Waals surface area contributed by atoms with Gasteiger partial charge in [0.1, 0.15) is 5.75 Å². The number of benzene rings is 2. The summed E-state index contributed by atoms with van der Waals surface area (Å²) in [4.78, 5) is 9.17. The number of aromatic nitrogens is 2. The van der Waals surface area contributed by atoms with Crippen LogP contribution in [0.25, 0.3) is 11.3 Å². The summed E-state index contributed by atoms with van der Waals surface area (Å²) in [5.41, 5.74) is 5.35. The van der Waals surface area contributed by atoms with E-state index in [2.05, 4.69) is 24.0 Å². The first-order valence-corrected chi connectivity index (χ1v) is 9.21. The van der Waals surface area contributed by atoms with E-state index in [-0.39, 0.29) is 5.75 Å². The first-order valence-electron chi connectivity index (χ1n) is 9.21. The molecule has 2 aromatic carbocycles. The SMILES string of the molecule is CCCC(Cc1cncc(-c2ccc(O)c(C)c2)n1)c1cccc(C#N)c1. The molecule has 136 valence electrons. The molecule has 0 radical (unpaired) electrons. The second-order valence-electron chi connectivity index (χ2n) is 6.82. The highest BCUT2D eigenvalue weighted by atomic mass is 16.3. The Hall–Kier alpha value is -3.19. The second-order valence-corrected chi connectivity index (χ2v) is 6.82. The standard InChI is InChI=1S/C23H23N3O/c1-3-5-18(19-7-4-6-17(11-19)13-24)12-21-14-25-15-22(26-21)20-8-9-23(27)16(2)10-20/h4,6-11,14-15,18,27H,3,5,12H2,1-2H3. The molecule has 1 N–H and O–H groups in total. The number of hydrogen-bond acceptors (Lipinski definition) is 4. The summed E-state index contributed by atoms with van der Waals surface area (Å²) >= 11 is 0. The van der Waals surface area contributed by atoms with E-state index in [0.29, 0.717) is 11.5 Å². The molecule has 3 aromatic rings. The minimum Gasteiger partial charge on any atom is -0.508 e. The van der Waals surface area contributed by atoms with Crippen LogP contribution in [-0.4, -0.2) is 15.1 Å². The third-order valence-corrected chi connectivity index (χ3v) is 4.76.